The molecule has 4 saturated carbocycles. The van der Waals surface area contributed by atoms with Gasteiger partial charge in [-0.05, 0) is 121 Å². The lowest BCUT2D eigenvalue weighted by Gasteiger charge is -2.64. The highest BCUT2D eigenvalue weighted by Crippen LogP contribution is 2.69. The van der Waals surface area contributed by atoms with E-state index in [1.165, 1.54) is 25.7 Å². The molecule has 9 heteroatoms. The molecular weight excluding hydrogens is 561 g/mol. The van der Waals surface area contributed by atoms with Crippen molar-refractivity contribution in [3.63, 3.8) is 0 Å². The molecule has 6 rings (SSSR count). The van der Waals surface area contributed by atoms with E-state index >= 15 is 0 Å². The van der Waals surface area contributed by atoms with Crippen LogP contribution in [0.3, 0.4) is 0 Å². The number of aliphatic hydroxyl groups excluding tert-OH is 2. The van der Waals surface area contributed by atoms with E-state index in [9.17, 15) is 14.8 Å². The highest BCUT2D eigenvalue weighted by atomic mass is 35.5. The Morgan fingerprint density at radius 1 is 1.12 bits per heavy atom. The van der Waals surface area contributed by atoms with Crippen LogP contribution in [0, 0.1) is 52.3 Å². The largest absolute Gasteiger partial charge is 0.475 e. The molecule has 1 aromatic heterocycles. The number of aliphatic hydroxyl groups is 2. The molecule has 7 nitrogen and oxygen atoms in total. The molecule has 1 aliphatic heterocycles. The van der Waals surface area contributed by atoms with E-state index < -0.39 is 13.9 Å². The van der Waals surface area contributed by atoms with Gasteiger partial charge in [0.25, 0.3) is 0 Å². The average Bonchev–Trinajstić information content (AvgIpc) is 3.29. The second kappa shape index (κ2) is 11.4. The third kappa shape index (κ3) is 5.38. The number of rotatable bonds is 6. The summed E-state index contributed by atoms with van der Waals surface area (Å²) in [7, 11) is -3.66. The number of phosphoric ester groups is 1. The summed E-state index contributed by atoms with van der Waals surface area (Å²) in [6.07, 6.45) is 9.62. The molecule has 0 radical (unpaired) electrons. The number of hydrogen-bond acceptors (Lipinski definition) is 7. The molecular formula is C32H49ClNO6P. The first-order valence-corrected chi connectivity index (χ1v) is 17.8. The molecule has 2 heterocycles. The van der Waals surface area contributed by atoms with Crippen LogP contribution in [0.4, 0.5) is 0 Å². The van der Waals surface area contributed by atoms with Gasteiger partial charge in [0, 0.05) is 12.6 Å². The number of nitrogens with zero attached hydrogens (tertiary/aromatic N) is 1. The molecule has 4 aliphatic carbocycles. The van der Waals surface area contributed by atoms with Crippen molar-refractivity contribution in [2.45, 2.75) is 104 Å². The summed E-state index contributed by atoms with van der Waals surface area (Å²) >= 11 is 6.05. The molecule has 41 heavy (non-hydrogen) atoms. The molecule has 2 N–H and O–H groups in total. The van der Waals surface area contributed by atoms with Gasteiger partial charge in [0.2, 0.25) is 0 Å². The van der Waals surface area contributed by atoms with Gasteiger partial charge in [-0.2, -0.15) is 0 Å². The van der Waals surface area contributed by atoms with Gasteiger partial charge >= 0.3 is 7.82 Å². The number of pyridine rings is 1. The van der Waals surface area contributed by atoms with Gasteiger partial charge in [0.15, 0.2) is 0 Å². The Kier molecular flexibility index (Phi) is 8.51. The van der Waals surface area contributed by atoms with E-state index in [4.69, 9.17) is 25.2 Å². The summed E-state index contributed by atoms with van der Waals surface area (Å²) in [5, 5.41) is 22.6. The van der Waals surface area contributed by atoms with Crippen LogP contribution in [0.15, 0.2) is 18.3 Å². The van der Waals surface area contributed by atoms with Crippen molar-refractivity contribution in [2.75, 3.05) is 13.2 Å². The van der Waals surface area contributed by atoms with Gasteiger partial charge in [-0.1, -0.05) is 39.3 Å². The van der Waals surface area contributed by atoms with Gasteiger partial charge in [0.05, 0.1) is 31.5 Å². The third-order valence-electron chi connectivity index (χ3n) is 12.7. The normalized spacial score (nSPS) is 48.6. The average molecular weight is 610 g/mol. The summed E-state index contributed by atoms with van der Waals surface area (Å²) in [5.41, 5.74) is 1.23. The molecule has 0 spiro atoms. The second-order valence-electron chi connectivity index (χ2n) is 14.6. The van der Waals surface area contributed by atoms with Crippen LogP contribution in [0.2, 0.25) is 5.15 Å². The first-order valence-electron chi connectivity index (χ1n) is 16.0. The van der Waals surface area contributed by atoms with Crippen LogP contribution in [0.25, 0.3) is 0 Å². The van der Waals surface area contributed by atoms with Crippen molar-refractivity contribution >= 4 is 19.4 Å². The Labute approximate surface area is 250 Å². The van der Waals surface area contributed by atoms with Crippen LogP contribution in [-0.2, 0) is 18.1 Å². The zero-order valence-electron chi connectivity index (χ0n) is 25.1. The quantitative estimate of drug-likeness (QED) is 0.253. The molecule has 0 aromatic carbocycles. The van der Waals surface area contributed by atoms with E-state index in [-0.39, 0.29) is 29.0 Å². The smallest absolute Gasteiger partial charge is 0.393 e. The van der Waals surface area contributed by atoms with Crippen LogP contribution >= 0.6 is 19.4 Å². The van der Waals surface area contributed by atoms with Crippen LogP contribution in [0.5, 0.6) is 0 Å². The Bertz CT molecular complexity index is 1150. The highest BCUT2D eigenvalue weighted by Gasteiger charge is 2.64. The summed E-state index contributed by atoms with van der Waals surface area (Å²) in [6, 6.07) is 3.56. The fraction of sp³-hybridized carbons (Fsp3) is 0.844. The lowest BCUT2D eigenvalue weighted by Crippen LogP contribution is -2.61. The minimum atomic E-state index is -3.66. The molecule has 0 bridgehead atoms. The van der Waals surface area contributed by atoms with Gasteiger partial charge in [-0.25, -0.2) is 9.55 Å². The van der Waals surface area contributed by atoms with Crippen molar-refractivity contribution in [1.82, 2.24) is 4.98 Å². The first-order chi connectivity index (χ1) is 19.4. The third-order valence-corrected chi connectivity index (χ3v) is 14.4. The molecule has 1 aromatic rings. The molecule has 0 amide bonds. The molecule has 5 unspecified atom stereocenters. The fourth-order valence-corrected chi connectivity index (χ4v) is 12.2. The monoisotopic (exact) mass is 609 g/mol. The van der Waals surface area contributed by atoms with Crippen molar-refractivity contribution < 1.29 is 28.3 Å². The lowest BCUT2D eigenvalue weighted by molar-refractivity contribution is -0.199. The standard InChI is InChI=1S/C32H49ClNO6P/c1-19(10-15-38-41(37)39-16-11-27(40-41)21-9-14-34-28(33)17-21)23-5-6-24-29-25(8-13-31(23,24)3)32(4)12-7-22(35)18-26(32)20(2)30(29)36/h9,14,17,19-20,22-27,29-30,35-36H,5-8,10-13,15-16,18H2,1-4H3/t19-,20-,22-,23?,24?,25?,26?,27+,29?,30-,31-,32-,41+/m1/s1. The van der Waals surface area contributed by atoms with Gasteiger partial charge in [-0.15, -0.1) is 0 Å². The van der Waals surface area contributed by atoms with Gasteiger partial charge in [0.1, 0.15) is 5.15 Å². The maximum absolute atomic E-state index is 13.3. The van der Waals surface area contributed by atoms with E-state index in [0.717, 1.165) is 31.2 Å². The van der Waals surface area contributed by atoms with Crippen LogP contribution in [-0.4, -0.2) is 40.6 Å². The van der Waals surface area contributed by atoms with E-state index in [0.29, 0.717) is 60.3 Å². The molecule has 5 fully saturated rings. The minimum Gasteiger partial charge on any atom is -0.393 e. The topological polar surface area (TPSA) is 98.1 Å². The predicted octanol–water partition coefficient (Wildman–Crippen LogP) is 7.60. The highest BCUT2D eigenvalue weighted by molar-refractivity contribution is 7.48. The second-order valence-corrected chi connectivity index (χ2v) is 16.6. The molecule has 13 atom stereocenters. The maximum atomic E-state index is 13.3. The molecule has 5 aliphatic rings. The zero-order valence-corrected chi connectivity index (χ0v) is 26.7. The Morgan fingerprint density at radius 3 is 2.66 bits per heavy atom. The van der Waals surface area contributed by atoms with Gasteiger partial charge in [-0.3, -0.25) is 13.6 Å². The van der Waals surface area contributed by atoms with E-state index in [2.05, 4.69) is 32.7 Å². The van der Waals surface area contributed by atoms with Gasteiger partial charge < -0.3 is 10.2 Å². The first kappa shape index (κ1) is 30.5. The molecule has 230 valence electrons. The minimum absolute atomic E-state index is 0.187. The van der Waals surface area contributed by atoms with Crippen molar-refractivity contribution in [3.8, 4) is 0 Å². The van der Waals surface area contributed by atoms with E-state index in [1.54, 1.807) is 12.3 Å². The number of halogens is 1. The number of hydrogen-bond donors (Lipinski definition) is 2. The SMILES string of the molecule is C[C@H](CCO[P@@]1(=O)OCC[C@@H](c2ccnc(Cl)c2)O1)C1CCC2C3C(CC[C@@]21C)[C@@]1(C)CC[C@@H](O)CC1[C@@H](C)[C@H]3O. The van der Waals surface area contributed by atoms with E-state index in [1.807, 2.05) is 6.07 Å². The fourth-order valence-electron chi connectivity index (χ4n) is 10.6. The summed E-state index contributed by atoms with van der Waals surface area (Å²) < 4.78 is 30.5. The lowest BCUT2D eigenvalue weighted by atomic mass is 9.42. The Morgan fingerprint density at radius 2 is 1.88 bits per heavy atom. The van der Waals surface area contributed by atoms with Crippen molar-refractivity contribution in [3.05, 3.63) is 29.0 Å². The maximum Gasteiger partial charge on any atom is 0.475 e. The predicted molar refractivity (Wildman–Crippen MR) is 158 cm³/mol. The summed E-state index contributed by atoms with van der Waals surface area (Å²) in [4.78, 5) is 4.02. The zero-order chi connectivity index (χ0) is 29.2. The number of phosphoric acid groups is 1. The summed E-state index contributed by atoms with van der Waals surface area (Å²) in [5.74, 6) is 2.97. The number of fused-ring (bicyclic) bond motifs is 5. The van der Waals surface area contributed by atoms with Crippen molar-refractivity contribution in [2.24, 2.45) is 52.3 Å². The van der Waals surface area contributed by atoms with Crippen LogP contribution in [0.1, 0.15) is 97.1 Å². The van der Waals surface area contributed by atoms with Crippen LogP contribution < -0.4 is 0 Å². The summed E-state index contributed by atoms with van der Waals surface area (Å²) in [6.45, 7) is 10.2. The molecule has 1 saturated heterocycles. The number of aromatic nitrogens is 1. The Hall–Kier alpha value is -0.530. The Balaban J connectivity index is 1.09. The van der Waals surface area contributed by atoms with Crippen molar-refractivity contribution in [1.29, 1.82) is 0 Å².